The normalized spacial score (nSPS) is 19.1. The lowest BCUT2D eigenvalue weighted by molar-refractivity contribution is -0.144. The molecule has 0 aromatic heterocycles. The van der Waals surface area contributed by atoms with Crippen LogP contribution in [0.2, 0.25) is 5.02 Å². The van der Waals surface area contributed by atoms with Gasteiger partial charge in [-0.25, -0.2) is 0 Å². The van der Waals surface area contributed by atoms with Gasteiger partial charge in [-0.05, 0) is 18.6 Å². The highest BCUT2D eigenvalue weighted by molar-refractivity contribution is 6.34. The Morgan fingerprint density at radius 2 is 2.28 bits per heavy atom. The van der Waals surface area contributed by atoms with Gasteiger partial charge in [0.05, 0.1) is 17.8 Å². The summed E-state index contributed by atoms with van der Waals surface area (Å²) in [6.45, 7) is 0.363. The number of carbonyl (C=O) groups is 2. The van der Waals surface area contributed by atoms with E-state index in [0.717, 1.165) is 0 Å². The Hall–Kier alpha value is -1.75. The highest BCUT2D eigenvalue weighted by Gasteiger charge is 2.38. The average Bonchev–Trinajstić information content (AvgIpc) is 2.71. The number of anilines is 1. The van der Waals surface area contributed by atoms with Gasteiger partial charge >= 0.3 is 5.97 Å². The lowest BCUT2D eigenvalue weighted by atomic mass is 10.1. The minimum absolute atomic E-state index is 0.302. The molecule has 96 valence electrons. The van der Waals surface area contributed by atoms with Crippen LogP contribution in [0.25, 0.3) is 0 Å². The van der Waals surface area contributed by atoms with Crippen LogP contribution < -0.4 is 9.64 Å². The first kappa shape index (κ1) is 12.7. The van der Waals surface area contributed by atoms with Crippen LogP contribution in [0.15, 0.2) is 18.2 Å². The molecule has 1 aliphatic heterocycles. The zero-order chi connectivity index (χ0) is 13.3. The highest BCUT2D eigenvalue weighted by atomic mass is 35.5. The van der Waals surface area contributed by atoms with Gasteiger partial charge in [0.25, 0.3) is 0 Å². The third kappa shape index (κ3) is 2.13. The van der Waals surface area contributed by atoms with E-state index in [9.17, 15) is 9.59 Å². The maximum absolute atomic E-state index is 11.9. The zero-order valence-electron chi connectivity index (χ0n) is 9.72. The summed E-state index contributed by atoms with van der Waals surface area (Å²) in [5.41, 5.74) is 0.520. The van der Waals surface area contributed by atoms with Crippen LogP contribution >= 0.6 is 11.6 Å². The van der Waals surface area contributed by atoms with Crippen molar-refractivity contribution in [2.45, 2.75) is 6.42 Å². The van der Waals surface area contributed by atoms with E-state index in [2.05, 4.69) is 0 Å². The van der Waals surface area contributed by atoms with Gasteiger partial charge in [0.2, 0.25) is 5.91 Å². The van der Waals surface area contributed by atoms with Crippen LogP contribution in [0.4, 0.5) is 5.69 Å². The number of carbonyl (C=O) groups excluding carboxylic acids is 1. The molecule has 0 aliphatic carbocycles. The van der Waals surface area contributed by atoms with Gasteiger partial charge in [-0.3, -0.25) is 9.59 Å². The largest absolute Gasteiger partial charge is 0.497 e. The standard InChI is InChI=1S/C12H12ClNO4/c1-18-7-2-3-10(9(13)6-7)14-5-4-8(11(14)15)12(16)17/h2-3,6,8H,4-5H2,1H3,(H,16,17). The Balaban J connectivity index is 2.28. The van der Waals surface area contributed by atoms with Crippen LogP contribution in [0.3, 0.4) is 0 Å². The van der Waals surface area contributed by atoms with E-state index in [1.807, 2.05) is 0 Å². The molecule has 1 aromatic rings. The summed E-state index contributed by atoms with van der Waals surface area (Å²) in [7, 11) is 1.52. The Morgan fingerprint density at radius 3 is 2.78 bits per heavy atom. The van der Waals surface area contributed by atoms with Crippen molar-refractivity contribution in [1.29, 1.82) is 0 Å². The molecule has 18 heavy (non-hydrogen) atoms. The van der Waals surface area contributed by atoms with Crippen molar-refractivity contribution in [2.75, 3.05) is 18.6 Å². The Bertz CT molecular complexity index is 503. The van der Waals surface area contributed by atoms with Crippen molar-refractivity contribution >= 4 is 29.2 Å². The fraction of sp³-hybridized carbons (Fsp3) is 0.333. The summed E-state index contributed by atoms with van der Waals surface area (Å²) in [5, 5.41) is 9.27. The number of carboxylic acids is 1. The molecule has 1 atom stereocenters. The molecule has 6 heteroatoms. The fourth-order valence-electron chi connectivity index (χ4n) is 1.98. The van der Waals surface area contributed by atoms with Gasteiger partial charge in [0.1, 0.15) is 11.7 Å². The number of benzene rings is 1. The monoisotopic (exact) mass is 269 g/mol. The first-order valence-electron chi connectivity index (χ1n) is 5.42. The molecule has 0 radical (unpaired) electrons. The predicted molar refractivity (Wildman–Crippen MR) is 66.1 cm³/mol. The van der Waals surface area contributed by atoms with E-state index in [4.69, 9.17) is 21.4 Å². The van der Waals surface area contributed by atoms with E-state index in [-0.39, 0.29) is 0 Å². The number of rotatable bonds is 3. The predicted octanol–water partition coefficient (Wildman–Crippen LogP) is 1.79. The third-order valence-electron chi connectivity index (χ3n) is 2.95. The molecule has 2 rings (SSSR count). The van der Waals surface area contributed by atoms with Crippen molar-refractivity contribution in [3.63, 3.8) is 0 Å². The Labute approximate surface area is 109 Å². The van der Waals surface area contributed by atoms with Crippen molar-refractivity contribution in [1.82, 2.24) is 0 Å². The molecule has 1 amide bonds. The number of halogens is 1. The topological polar surface area (TPSA) is 66.8 Å². The number of hydrogen-bond donors (Lipinski definition) is 1. The number of carboxylic acid groups (broad SMARTS) is 1. The summed E-state index contributed by atoms with van der Waals surface area (Å²) in [6, 6.07) is 4.93. The first-order chi connectivity index (χ1) is 8.54. The van der Waals surface area contributed by atoms with Crippen molar-refractivity contribution in [3.8, 4) is 5.75 Å². The van der Waals surface area contributed by atoms with Crippen LogP contribution in [0.1, 0.15) is 6.42 Å². The highest BCUT2D eigenvalue weighted by Crippen LogP contribution is 2.33. The Morgan fingerprint density at radius 1 is 1.56 bits per heavy atom. The van der Waals surface area contributed by atoms with Crippen LogP contribution in [-0.4, -0.2) is 30.6 Å². The van der Waals surface area contributed by atoms with Crippen molar-refractivity contribution in [3.05, 3.63) is 23.2 Å². The summed E-state index contributed by atoms with van der Waals surface area (Å²) in [5.74, 6) is -1.89. The molecule has 1 unspecified atom stereocenters. The summed E-state index contributed by atoms with van der Waals surface area (Å²) < 4.78 is 5.02. The molecule has 1 heterocycles. The molecular formula is C12H12ClNO4. The third-order valence-corrected chi connectivity index (χ3v) is 3.25. The number of methoxy groups -OCH3 is 1. The van der Waals surface area contributed by atoms with Gasteiger partial charge in [0.15, 0.2) is 0 Å². The van der Waals surface area contributed by atoms with E-state index in [1.54, 1.807) is 18.2 Å². The molecular weight excluding hydrogens is 258 g/mol. The second-order valence-electron chi connectivity index (χ2n) is 3.99. The van der Waals surface area contributed by atoms with Gasteiger partial charge in [0, 0.05) is 12.6 Å². The Kier molecular flexibility index (Phi) is 3.43. The molecule has 5 nitrogen and oxygen atoms in total. The summed E-state index contributed by atoms with van der Waals surface area (Å²) >= 11 is 6.06. The minimum Gasteiger partial charge on any atom is -0.497 e. The molecule has 1 aromatic carbocycles. The van der Waals surface area contributed by atoms with E-state index in [1.165, 1.54) is 12.0 Å². The summed E-state index contributed by atoms with van der Waals surface area (Å²) in [6.07, 6.45) is 0.302. The molecule has 1 fully saturated rings. The second-order valence-corrected chi connectivity index (χ2v) is 4.39. The second kappa shape index (κ2) is 4.86. The van der Waals surface area contributed by atoms with Crippen LogP contribution in [0, 0.1) is 5.92 Å². The molecule has 1 saturated heterocycles. The summed E-state index contributed by atoms with van der Waals surface area (Å²) in [4.78, 5) is 24.2. The van der Waals surface area contributed by atoms with E-state index in [0.29, 0.717) is 29.4 Å². The number of amides is 1. The van der Waals surface area contributed by atoms with E-state index < -0.39 is 17.8 Å². The molecule has 1 aliphatic rings. The number of hydrogen-bond acceptors (Lipinski definition) is 3. The number of ether oxygens (including phenoxy) is 1. The smallest absolute Gasteiger partial charge is 0.316 e. The van der Waals surface area contributed by atoms with Crippen molar-refractivity contribution < 1.29 is 19.4 Å². The maximum atomic E-state index is 11.9. The number of nitrogens with zero attached hydrogens (tertiary/aromatic N) is 1. The van der Waals surface area contributed by atoms with Gasteiger partial charge < -0.3 is 14.7 Å². The molecule has 0 bridgehead atoms. The van der Waals surface area contributed by atoms with Gasteiger partial charge in [-0.1, -0.05) is 11.6 Å². The molecule has 0 saturated carbocycles. The minimum atomic E-state index is -1.09. The zero-order valence-corrected chi connectivity index (χ0v) is 10.5. The quantitative estimate of drug-likeness (QED) is 0.850. The van der Waals surface area contributed by atoms with Gasteiger partial charge in [-0.2, -0.15) is 0 Å². The van der Waals surface area contributed by atoms with Crippen molar-refractivity contribution in [2.24, 2.45) is 5.92 Å². The van der Waals surface area contributed by atoms with Crippen LogP contribution in [-0.2, 0) is 9.59 Å². The fourth-order valence-corrected chi connectivity index (χ4v) is 2.25. The first-order valence-corrected chi connectivity index (χ1v) is 5.80. The SMILES string of the molecule is COc1ccc(N2CCC(C(=O)O)C2=O)c(Cl)c1. The average molecular weight is 270 g/mol. The van der Waals surface area contributed by atoms with Crippen LogP contribution in [0.5, 0.6) is 5.75 Å². The molecule has 1 N–H and O–H groups in total. The number of aliphatic carboxylic acids is 1. The lowest BCUT2D eigenvalue weighted by Crippen LogP contribution is -2.30. The van der Waals surface area contributed by atoms with E-state index >= 15 is 0 Å². The maximum Gasteiger partial charge on any atom is 0.316 e. The molecule has 0 spiro atoms. The van der Waals surface area contributed by atoms with Gasteiger partial charge in [-0.15, -0.1) is 0 Å². The lowest BCUT2D eigenvalue weighted by Gasteiger charge is -2.18.